The normalized spacial score (nSPS) is 44.4. The van der Waals surface area contributed by atoms with Gasteiger partial charge in [-0.1, -0.05) is 6.07 Å². The van der Waals surface area contributed by atoms with Crippen LogP contribution >= 0.6 is 0 Å². The third kappa shape index (κ3) is 1.32. The third-order valence-corrected chi connectivity index (χ3v) is 6.49. The molecule has 118 valence electrons. The Bertz CT molecular complexity index is 737. The van der Waals surface area contributed by atoms with Crippen LogP contribution in [0.1, 0.15) is 34.5 Å². The number of hydrogen-bond donors (Lipinski definition) is 1. The highest BCUT2D eigenvalue weighted by molar-refractivity contribution is 5.61. The minimum Gasteiger partial charge on any atom is -0.493 e. The van der Waals surface area contributed by atoms with E-state index < -0.39 is 13.1 Å². The van der Waals surface area contributed by atoms with Crippen LogP contribution in [0.5, 0.6) is 11.5 Å². The van der Waals surface area contributed by atoms with Gasteiger partial charge in [-0.15, -0.1) is 0 Å². The van der Waals surface area contributed by atoms with Crippen molar-refractivity contribution in [3.63, 3.8) is 0 Å². The van der Waals surface area contributed by atoms with Crippen LogP contribution in [0.15, 0.2) is 12.1 Å². The number of nitrogens with zero attached hydrogens (tertiary/aromatic N) is 1. The van der Waals surface area contributed by atoms with Crippen LogP contribution in [-0.4, -0.2) is 48.9 Å². The fraction of sp³-hybridized carbons (Fsp3) is 0.667. The van der Waals surface area contributed by atoms with Crippen LogP contribution in [0.3, 0.4) is 0 Å². The number of methoxy groups -OCH3 is 1. The highest BCUT2D eigenvalue weighted by Gasteiger charge is 2.65. The second kappa shape index (κ2) is 4.18. The van der Waals surface area contributed by atoms with Crippen molar-refractivity contribution in [2.24, 2.45) is 5.92 Å². The summed E-state index contributed by atoms with van der Waals surface area (Å²) < 4.78 is 35.7. The standard InChI is InChI=1S/C18H23NO3/c1-19-8-7-18-11-4-5-13(20)17(18)22-16-14(21-2)6-3-10(15(16)18)9-12(11)19/h3,6,11-13,17,20H,4-5,7-9H2,1-2H3/t11-,12+,13-,17-,18-/m0/s1/i1D3. The van der Waals surface area contributed by atoms with Gasteiger partial charge in [0.25, 0.3) is 0 Å². The van der Waals surface area contributed by atoms with E-state index in [1.54, 1.807) is 12.0 Å². The smallest absolute Gasteiger partial charge is 0.165 e. The Balaban J connectivity index is 1.73. The predicted octanol–water partition coefficient (Wildman–Crippen LogP) is 1.73. The minimum absolute atomic E-state index is 0.0216. The zero-order chi connectivity index (χ0) is 17.6. The van der Waals surface area contributed by atoms with Gasteiger partial charge in [-0.2, -0.15) is 0 Å². The van der Waals surface area contributed by atoms with Gasteiger partial charge in [0.1, 0.15) is 6.10 Å². The van der Waals surface area contributed by atoms with Gasteiger partial charge in [0.05, 0.1) is 13.2 Å². The number of aliphatic hydroxyl groups is 1. The summed E-state index contributed by atoms with van der Waals surface area (Å²) in [6, 6.07) is 3.94. The fourth-order valence-electron chi connectivity index (χ4n) is 5.67. The Kier molecular flexibility index (Phi) is 1.99. The van der Waals surface area contributed by atoms with Crippen LogP contribution in [-0.2, 0) is 11.8 Å². The summed E-state index contributed by atoms with van der Waals surface area (Å²) in [7, 11) is 1.64. The van der Waals surface area contributed by atoms with E-state index in [1.807, 2.05) is 6.07 Å². The quantitative estimate of drug-likeness (QED) is 0.858. The molecule has 22 heavy (non-hydrogen) atoms. The summed E-state index contributed by atoms with van der Waals surface area (Å²) in [5, 5.41) is 10.7. The zero-order valence-electron chi connectivity index (χ0n) is 15.7. The van der Waals surface area contributed by atoms with E-state index in [1.165, 1.54) is 5.56 Å². The number of piperidine rings is 1. The molecule has 4 aliphatic rings. The molecule has 4 heteroatoms. The molecule has 1 spiro atoms. The van der Waals surface area contributed by atoms with Gasteiger partial charge in [0.2, 0.25) is 0 Å². The number of benzene rings is 1. The fourth-order valence-corrected chi connectivity index (χ4v) is 5.67. The molecule has 5 rings (SSSR count). The lowest BCUT2D eigenvalue weighted by atomic mass is 9.51. The van der Waals surface area contributed by atoms with Gasteiger partial charge in [-0.05, 0) is 56.8 Å². The van der Waals surface area contributed by atoms with Gasteiger partial charge >= 0.3 is 0 Å². The molecule has 0 radical (unpaired) electrons. The van der Waals surface area contributed by atoms with Crippen molar-refractivity contribution < 1.29 is 18.7 Å². The molecule has 4 nitrogen and oxygen atoms in total. The number of rotatable bonds is 1. The first-order valence-electron chi connectivity index (χ1n) is 9.69. The number of aliphatic hydroxyl groups excluding tert-OH is 1. The van der Waals surface area contributed by atoms with E-state index in [2.05, 4.69) is 6.07 Å². The molecule has 1 aromatic carbocycles. The SMILES string of the molecule is [2H]C([2H])([2H])N1CC[C@]23c4c5ccc(OC)c4O[C@H]2[C@@H](O)CC[C@H]3[C@H]1C5. The summed E-state index contributed by atoms with van der Waals surface area (Å²) in [6.45, 7) is -1.57. The van der Waals surface area contributed by atoms with Crippen molar-refractivity contribution in [2.45, 2.75) is 49.3 Å². The largest absolute Gasteiger partial charge is 0.493 e. The summed E-state index contributed by atoms with van der Waals surface area (Å²) in [4.78, 5) is 1.71. The lowest BCUT2D eigenvalue weighted by molar-refractivity contribution is -0.0993. The van der Waals surface area contributed by atoms with Crippen LogP contribution < -0.4 is 9.47 Å². The molecular weight excluding hydrogens is 278 g/mol. The van der Waals surface area contributed by atoms with E-state index >= 15 is 0 Å². The highest BCUT2D eigenvalue weighted by atomic mass is 16.5. The molecule has 1 N–H and O–H groups in total. The monoisotopic (exact) mass is 304 g/mol. The van der Waals surface area contributed by atoms with Crippen molar-refractivity contribution in [1.29, 1.82) is 0 Å². The molecule has 1 aromatic rings. The summed E-state index contributed by atoms with van der Waals surface area (Å²) >= 11 is 0. The maximum absolute atomic E-state index is 10.7. The van der Waals surface area contributed by atoms with Crippen LogP contribution in [0.2, 0.25) is 0 Å². The predicted molar refractivity (Wildman–Crippen MR) is 82.6 cm³/mol. The van der Waals surface area contributed by atoms with E-state index in [0.717, 1.165) is 24.2 Å². The molecule has 0 amide bonds. The Morgan fingerprint density at radius 1 is 1.45 bits per heavy atom. The van der Waals surface area contributed by atoms with Gasteiger partial charge < -0.3 is 19.5 Å². The Labute approximate surface area is 135 Å². The maximum atomic E-state index is 10.7. The van der Waals surface area contributed by atoms with Crippen LogP contribution in [0.4, 0.5) is 0 Å². The molecular formula is C18H23NO3. The molecule has 5 atom stereocenters. The van der Waals surface area contributed by atoms with Gasteiger partial charge in [-0.3, -0.25) is 0 Å². The van der Waals surface area contributed by atoms with E-state index in [9.17, 15) is 5.11 Å². The minimum atomic E-state index is -2.08. The van der Waals surface area contributed by atoms with Crippen molar-refractivity contribution in [3.8, 4) is 11.5 Å². The van der Waals surface area contributed by atoms with Crippen molar-refractivity contribution in [2.75, 3.05) is 20.6 Å². The average molecular weight is 304 g/mol. The number of likely N-dealkylation sites (N-methyl/N-ethyl adjacent to an activating group) is 1. The molecule has 1 saturated heterocycles. The Morgan fingerprint density at radius 2 is 2.36 bits per heavy atom. The molecule has 0 aromatic heterocycles. The summed E-state index contributed by atoms with van der Waals surface area (Å²) in [6.07, 6.45) is 2.13. The second-order valence-electron chi connectivity index (χ2n) is 7.18. The van der Waals surface area contributed by atoms with Crippen molar-refractivity contribution in [1.82, 2.24) is 4.90 Å². The molecule has 2 bridgehead atoms. The first-order chi connectivity index (χ1) is 11.9. The average Bonchev–Trinajstić information content (AvgIpc) is 2.89. The topological polar surface area (TPSA) is 41.9 Å². The van der Waals surface area contributed by atoms with Gasteiger partial charge in [-0.25, -0.2) is 0 Å². The first kappa shape index (κ1) is 10.5. The molecule has 2 aliphatic carbocycles. The number of likely N-dealkylation sites (tertiary alicyclic amines) is 1. The van der Waals surface area contributed by atoms with E-state index in [0.29, 0.717) is 25.1 Å². The van der Waals surface area contributed by atoms with Crippen molar-refractivity contribution in [3.05, 3.63) is 23.3 Å². The first-order valence-corrected chi connectivity index (χ1v) is 8.19. The van der Waals surface area contributed by atoms with Crippen molar-refractivity contribution >= 4 is 0 Å². The van der Waals surface area contributed by atoms with E-state index in [4.69, 9.17) is 13.6 Å². The maximum Gasteiger partial charge on any atom is 0.165 e. The lowest BCUT2D eigenvalue weighted by Gasteiger charge is -2.58. The van der Waals surface area contributed by atoms with E-state index in [-0.39, 0.29) is 23.5 Å². The molecule has 1 saturated carbocycles. The highest BCUT2D eigenvalue weighted by Crippen LogP contribution is 2.63. The molecule has 2 fully saturated rings. The molecule has 2 heterocycles. The second-order valence-corrected chi connectivity index (χ2v) is 7.18. The summed E-state index contributed by atoms with van der Waals surface area (Å²) in [5.41, 5.74) is 2.06. The molecule has 2 aliphatic heterocycles. The number of ether oxygens (including phenoxy) is 2. The third-order valence-electron chi connectivity index (χ3n) is 6.49. The van der Waals surface area contributed by atoms with Crippen LogP contribution in [0, 0.1) is 5.92 Å². The zero-order valence-corrected chi connectivity index (χ0v) is 12.7. The summed E-state index contributed by atoms with van der Waals surface area (Å²) in [5.74, 6) is 1.69. The lowest BCUT2D eigenvalue weighted by Crippen LogP contribution is -2.66. The van der Waals surface area contributed by atoms with Gasteiger partial charge in [0, 0.05) is 21.1 Å². The van der Waals surface area contributed by atoms with Crippen LogP contribution in [0.25, 0.3) is 0 Å². The van der Waals surface area contributed by atoms with Gasteiger partial charge in [0.15, 0.2) is 11.5 Å². The molecule has 0 unspecified atom stereocenters. The number of hydrogen-bond acceptors (Lipinski definition) is 4. The Hall–Kier alpha value is -1.26. The Morgan fingerprint density at radius 3 is 3.18 bits per heavy atom.